The van der Waals surface area contributed by atoms with E-state index in [-0.39, 0.29) is 18.4 Å². The van der Waals surface area contributed by atoms with Crippen molar-refractivity contribution < 1.29 is 36.6 Å². The summed E-state index contributed by atoms with van der Waals surface area (Å²) in [6.07, 6.45) is -7.65. The number of hydrogen-bond donors (Lipinski definition) is 1. The van der Waals surface area contributed by atoms with Crippen LogP contribution in [0.5, 0.6) is 0 Å². The molecule has 0 aromatic rings. The van der Waals surface area contributed by atoms with Crippen LogP contribution in [-0.2, 0) is 9.53 Å². The first-order chi connectivity index (χ1) is 8.94. The highest BCUT2D eigenvalue weighted by atomic mass is 19.4. The Balaban J connectivity index is 2.37. The molecule has 0 amide bonds. The van der Waals surface area contributed by atoms with Gasteiger partial charge in [-0.1, -0.05) is 6.58 Å². The zero-order chi connectivity index (χ0) is 15.5. The molecule has 2 aliphatic carbocycles. The van der Waals surface area contributed by atoms with Gasteiger partial charge in [-0.25, -0.2) is 13.6 Å². The first-order valence-corrected chi connectivity index (χ1v) is 5.98. The van der Waals surface area contributed by atoms with E-state index in [1.54, 1.807) is 0 Å². The molecule has 0 spiro atoms. The standard InChI is InChI=1S/C12H13F5O3/c1-5(2)9(18)20-8-6-3-4-7(8)11(13,14)10(6,19)12(15,16)17/h6-8,19H,1,3-4H2,2H3. The van der Waals surface area contributed by atoms with Crippen molar-refractivity contribution in [3.05, 3.63) is 12.2 Å². The van der Waals surface area contributed by atoms with Crippen molar-refractivity contribution in [1.29, 1.82) is 0 Å². The number of aliphatic hydroxyl groups is 1. The molecule has 2 saturated carbocycles. The van der Waals surface area contributed by atoms with Crippen LogP contribution >= 0.6 is 0 Å². The molecular weight excluding hydrogens is 287 g/mol. The zero-order valence-electron chi connectivity index (χ0n) is 10.5. The van der Waals surface area contributed by atoms with Crippen LogP contribution in [-0.4, -0.2) is 34.9 Å². The lowest BCUT2D eigenvalue weighted by atomic mass is 9.80. The number of esters is 1. The molecule has 0 saturated heterocycles. The SMILES string of the molecule is C=C(C)C(=O)OC1C2CCC1C(O)(C(F)(F)F)C2(F)F. The quantitative estimate of drug-likeness (QED) is 0.484. The van der Waals surface area contributed by atoms with E-state index in [0.717, 1.165) is 0 Å². The van der Waals surface area contributed by atoms with E-state index in [0.29, 0.717) is 0 Å². The van der Waals surface area contributed by atoms with Gasteiger partial charge in [0.15, 0.2) is 0 Å². The number of alkyl halides is 5. The van der Waals surface area contributed by atoms with Gasteiger partial charge in [-0.05, 0) is 19.8 Å². The number of carbonyl (C=O) groups is 1. The van der Waals surface area contributed by atoms with Crippen LogP contribution in [0.1, 0.15) is 19.8 Å². The van der Waals surface area contributed by atoms with Crippen LogP contribution < -0.4 is 0 Å². The van der Waals surface area contributed by atoms with E-state index < -0.39 is 41.6 Å². The Morgan fingerprint density at radius 3 is 2.20 bits per heavy atom. The van der Waals surface area contributed by atoms with Gasteiger partial charge in [0, 0.05) is 11.5 Å². The smallest absolute Gasteiger partial charge is 0.423 e. The molecule has 2 aliphatic rings. The molecule has 2 rings (SSSR count). The predicted molar refractivity (Wildman–Crippen MR) is 56.9 cm³/mol. The predicted octanol–water partition coefficient (Wildman–Crippen LogP) is 2.44. The minimum atomic E-state index is -5.50. The summed E-state index contributed by atoms with van der Waals surface area (Å²) in [5, 5.41) is 9.58. The topological polar surface area (TPSA) is 46.5 Å². The fraction of sp³-hybridized carbons (Fsp3) is 0.750. The molecule has 0 aromatic carbocycles. The second-order valence-electron chi connectivity index (χ2n) is 5.33. The van der Waals surface area contributed by atoms with Crippen molar-refractivity contribution in [2.45, 2.75) is 43.6 Å². The lowest BCUT2D eigenvalue weighted by Crippen LogP contribution is -2.62. The number of ether oxygens (including phenoxy) is 1. The summed E-state index contributed by atoms with van der Waals surface area (Å²) in [6, 6.07) is 0. The summed E-state index contributed by atoms with van der Waals surface area (Å²) in [6.45, 7) is 4.50. The fourth-order valence-corrected chi connectivity index (χ4v) is 3.12. The van der Waals surface area contributed by atoms with Crippen molar-refractivity contribution in [2.75, 3.05) is 0 Å². The summed E-state index contributed by atoms with van der Waals surface area (Å²) in [7, 11) is 0. The van der Waals surface area contributed by atoms with Crippen LogP contribution in [0.3, 0.4) is 0 Å². The summed E-state index contributed by atoms with van der Waals surface area (Å²) in [5.74, 6) is -9.10. The maximum atomic E-state index is 13.9. The zero-order valence-corrected chi connectivity index (χ0v) is 10.5. The first-order valence-electron chi connectivity index (χ1n) is 5.98. The monoisotopic (exact) mass is 300 g/mol. The number of hydrogen-bond acceptors (Lipinski definition) is 3. The number of halogens is 5. The van der Waals surface area contributed by atoms with Crippen LogP contribution in [0.2, 0.25) is 0 Å². The molecule has 4 unspecified atom stereocenters. The third-order valence-electron chi connectivity index (χ3n) is 4.12. The Kier molecular flexibility index (Phi) is 3.16. The maximum Gasteiger partial charge on any atom is 0.423 e. The summed E-state index contributed by atoms with van der Waals surface area (Å²) < 4.78 is 71.2. The second-order valence-corrected chi connectivity index (χ2v) is 5.33. The van der Waals surface area contributed by atoms with Gasteiger partial charge in [0.2, 0.25) is 5.60 Å². The molecule has 114 valence electrons. The highest BCUT2D eigenvalue weighted by Gasteiger charge is 2.84. The van der Waals surface area contributed by atoms with Gasteiger partial charge < -0.3 is 9.84 Å². The van der Waals surface area contributed by atoms with Gasteiger partial charge in [-0.2, -0.15) is 13.2 Å². The maximum absolute atomic E-state index is 13.9. The van der Waals surface area contributed by atoms with E-state index in [1.165, 1.54) is 6.92 Å². The van der Waals surface area contributed by atoms with Crippen molar-refractivity contribution in [2.24, 2.45) is 11.8 Å². The van der Waals surface area contributed by atoms with Crippen LogP contribution in [0.25, 0.3) is 0 Å². The minimum absolute atomic E-state index is 0.102. The molecule has 4 atom stereocenters. The molecule has 20 heavy (non-hydrogen) atoms. The molecule has 1 N–H and O–H groups in total. The average molecular weight is 300 g/mol. The van der Waals surface area contributed by atoms with E-state index in [2.05, 4.69) is 6.58 Å². The highest BCUT2D eigenvalue weighted by Crippen LogP contribution is 2.65. The van der Waals surface area contributed by atoms with Crippen molar-refractivity contribution in [3.63, 3.8) is 0 Å². The van der Waals surface area contributed by atoms with Gasteiger partial charge in [0.25, 0.3) is 5.92 Å². The Morgan fingerprint density at radius 2 is 1.80 bits per heavy atom. The molecule has 0 aliphatic heterocycles. The number of rotatable bonds is 2. The van der Waals surface area contributed by atoms with Crippen LogP contribution in [0.4, 0.5) is 22.0 Å². The molecule has 0 heterocycles. The van der Waals surface area contributed by atoms with Crippen molar-refractivity contribution in [3.8, 4) is 0 Å². The molecule has 0 aromatic heterocycles. The first kappa shape index (κ1) is 15.2. The molecule has 2 bridgehead atoms. The van der Waals surface area contributed by atoms with E-state index in [4.69, 9.17) is 4.74 Å². The second kappa shape index (κ2) is 4.16. The minimum Gasteiger partial charge on any atom is -0.458 e. The van der Waals surface area contributed by atoms with E-state index in [1.807, 2.05) is 0 Å². The summed E-state index contributed by atoms with van der Waals surface area (Å²) in [5.41, 5.74) is -4.25. The Hall–Kier alpha value is -1.18. The average Bonchev–Trinajstić information content (AvgIpc) is 2.75. The lowest BCUT2D eigenvalue weighted by Gasteiger charge is -2.39. The third kappa shape index (κ3) is 1.70. The van der Waals surface area contributed by atoms with Gasteiger partial charge in [-0.3, -0.25) is 0 Å². The number of fused-ring (bicyclic) bond motifs is 2. The summed E-state index contributed by atoms with van der Waals surface area (Å²) >= 11 is 0. The van der Waals surface area contributed by atoms with Gasteiger partial charge >= 0.3 is 12.1 Å². The van der Waals surface area contributed by atoms with Crippen molar-refractivity contribution >= 4 is 5.97 Å². The largest absolute Gasteiger partial charge is 0.458 e. The Morgan fingerprint density at radius 1 is 1.30 bits per heavy atom. The molecular formula is C12H13F5O3. The van der Waals surface area contributed by atoms with Gasteiger partial charge in [0.1, 0.15) is 6.10 Å². The van der Waals surface area contributed by atoms with Crippen molar-refractivity contribution in [1.82, 2.24) is 0 Å². The highest BCUT2D eigenvalue weighted by molar-refractivity contribution is 5.87. The summed E-state index contributed by atoms with van der Waals surface area (Å²) in [4.78, 5) is 11.4. The molecule has 3 nitrogen and oxygen atoms in total. The Bertz CT molecular complexity index is 458. The van der Waals surface area contributed by atoms with Crippen LogP contribution in [0.15, 0.2) is 12.2 Å². The number of carbonyl (C=O) groups excluding carboxylic acids is 1. The lowest BCUT2D eigenvalue weighted by molar-refractivity contribution is -0.347. The molecule has 0 radical (unpaired) electrons. The van der Waals surface area contributed by atoms with E-state index in [9.17, 15) is 31.9 Å². The molecule has 8 heteroatoms. The van der Waals surface area contributed by atoms with E-state index >= 15 is 0 Å². The third-order valence-corrected chi connectivity index (χ3v) is 4.12. The normalized spacial score (nSPS) is 38.9. The van der Waals surface area contributed by atoms with Gasteiger partial charge in [0.05, 0.1) is 5.92 Å². The Labute approximate surface area is 111 Å². The fourth-order valence-electron chi connectivity index (χ4n) is 3.12. The molecule has 2 fully saturated rings. The van der Waals surface area contributed by atoms with Crippen LogP contribution in [0, 0.1) is 11.8 Å². The van der Waals surface area contributed by atoms with Gasteiger partial charge in [-0.15, -0.1) is 0 Å².